The molecule has 4 rings (SSSR count). The molecule has 0 fully saturated rings. The maximum absolute atomic E-state index is 12.1. The summed E-state index contributed by atoms with van der Waals surface area (Å²) in [7, 11) is 0. The summed E-state index contributed by atoms with van der Waals surface area (Å²) in [6, 6.07) is 13.6. The number of phenols is 1. The number of aromatic amines is 1. The molecule has 0 spiro atoms. The Morgan fingerprint density at radius 2 is 1.70 bits per heavy atom. The van der Waals surface area contributed by atoms with E-state index in [0.29, 0.717) is 16.7 Å². The summed E-state index contributed by atoms with van der Waals surface area (Å²) in [5, 5.41) is 9.48. The molecule has 0 bridgehead atoms. The Labute approximate surface area is 128 Å². The van der Waals surface area contributed by atoms with Crippen LogP contribution in [0.4, 0.5) is 0 Å². The van der Waals surface area contributed by atoms with Gasteiger partial charge in [-0.1, -0.05) is 12.1 Å². The maximum Gasteiger partial charge on any atom is 0.349 e. The third kappa shape index (κ3) is 2.06. The fourth-order valence-electron chi connectivity index (χ4n) is 2.54. The monoisotopic (exact) mass is 306 g/mol. The van der Waals surface area contributed by atoms with Gasteiger partial charge in [0.05, 0.1) is 11.0 Å². The van der Waals surface area contributed by atoms with Crippen LogP contribution >= 0.6 is 0 Å². The maximum atomic E-state index is 12.1. The first-order valence-electron chi connectivity index (χ1n) is 6.85. The Balaban J connectivity index is 2.23. The fourth-order valence-corrected chi connectivity index (χ4v) is 2.54. The lowest BCUT2D eigenvalue weighted by Gasteiger charge is -2.16. The van der Waals surface area contributed by atoms with Crippen LogP contribution in [0, 0.1) is 0 Å². The number of hydrogen-bond donors (Lipinski definition) is 2. The first-order valence-corrected chi connectivity index (χ1v) is 6.85. The minimum absolute atomic E-state index is 0.0800. The predicted octanol–water partition coefficient (Wildman–Crippen LogP) is 1.28. The molecule has 2 aromatic carbocycles. The highest BCUT2D eigenvalue weighted by atomic mass is 16.3. The predicted molar refractivity (Wildman–Crippen MR) is 84.0 cm³/mol. The van der Waals surface area contributed by atoms with Gasteiger partial charge in [-0.2, -0.15) is 4.98 Å². The van der Waals surface area contributed by atoms with E-state index in [9.17, 15) is 14.7 Å². The third-order valence-electron chi connectivity index (χ3n) is 3.53. The Morgan fingerprint density at radius 3 is 2.48 bits per heavy atom. The molecule has 7 nitrogen and oxygen atoms in total. The number of rotatable bonds is 1. The SMILES string of the molecule is O=c1nc2n(-c3ccc(O)cc3)c3ccccc3nc-2c(=O)[nH]1. The molecular weight excluding hydrogens is 296 g/mol. The van der Waals surface area contributed by atoms with Gasteiger partial charge in [-0.25, -0.2) is 9.78 Å². The van der Waals surface area contributed by atoms with E-state index >= 15 is 0 Å². The van der Waals surface area contributed by atoms with Crippen LogP contribution in [0.1, 0.15) is 0 Å². The Bertz CT molecular complexity index is 1110. The molecule has 7 heteroatoms. The molecule has 2 aliphatic rings. The first-order chi connectivity index (χ1) is 11.1. The minimum Gasteiger partial charge on any atom is -0.508 e. The number of benzene rings is 2. The average Bonchev–Trinajstić information content (AvgIpc) is 2.54. The number of aromatic hydroxyl groups is 1. The van der Waals surface area contributed by atoms with Crippen molar-refractivity contribution >= 4 is 11.0 Å². The summed E-state index contributed by atoms with van der Waals surface area (Å²) in [6.07, 6.45) is 0. The zero-order chi connectivity index (χ0) is 16.0. The summed E-state index contributed by atoms with van der Waals surface area (Å²) < 4.78 is 1.67. The second kappa shape index (κ2) is 4.77. The number of H-pyrrole nitrogens is 1. The van der Waals surface area contributed by atoms with Gasteiger partial charge in [0.15, 0.2) is 11.5 Å². The number of aromatic nitrogens is 4. The summed E-state index contributed by atoms with van der Waals surface area (Å²) in [6.45, 7) is 0. The van der Waals surface area contributed by atoms with Crippen molar-refractivity contribution < 1.29 is 5.11 Å². The highest BCUT2D eigenvalue weighted by Gasteiger charge is 2.19. The van der Waals surface area contributed by atoms with Crippen molar-refractivity contribution in [3.05, 3.63) is 69.4 Å². The van der Waals surface area contributed by atoms with Crippen LogP contribution in [0.5, 0.6) is 5.75 Å². The minimum atomic E-state index is -0.730. The summed E-state index contributed by atoms with van der Waals surface area (Å²) >= 11 is 0. The van der Waals surface area contributed by atoms with E-state index in [0.717, 1.165) is 0 Å². The Morgan fingerprint density at radius 1 is 0.957 bits per heavy atom. The quantitative estimate of drug-likeness (QED) is 0.516. The zero-order valence-electron chi connectivity index (χ0n) is 11.7. The molecular formula is C16H10N4O3. The summed E-state index contributed by atoms with van der Waals surface area (Å²) in [4.78, 5) is 34.0. The summed E-state index contributed by atoms with van der Waals surface area (Å²) in [5.74, 6) is 0.287. The number of hydrogen-bond acceptors (Lipinski definition) is 5. The van der Waals surface area contributed by atoms with Gasteiger partial charge in [0, 0.05) is 5.69 Å². The number of para-hydroxylation sites is 2. The summed E-state index contributed by atoms with van der Waals surface area (Å²) in [5.41, 5.74) is 0.716. The van der Waals surface area contributed by atoms with Gasteiger partial charge in [-0.05, 0) is 36.4 Å². The second-order valence-electron chi connectivity index (χ2n) is 5.00. The molecule has 0 amide bonds. The highest BCUT2D eigenvalue weighted by Crippen LogP contribution is 2.25. The average molecular weight is 306 g/mol. The zero-order valence-corrected chi connectivity index (χ0v) is 11.7. The van der Waals surface area contributed by atoms with Crippen LogP contribution in [0.3, 0.4) is 0 Å². The molecule has 0 saturated heterocycles. The molecule has 2 heterocycles. The largest absolute Gasteiger partial charge is 0.508 e. The van der Waals surface area contributed by atoms with Crippen molar-refractivity contribution in [2.45, 2.75) is 0 Å². The topological polar surface area (TPSA) is 101 Å². The van der Waals surface area contributed by atoms with Gasteiger partial charge in [0.25, 0.3) is 5.56 Å². The molecule has 0 unspecified atom stereocenters. The molecule has 23 heavy (non-hydrogen) atoms. The van der Waals surface area contributed by atoms with Crippen LogP contribution in [0.2, 0.25) is 0 Å². The van der Waals surface area contributed by atoms with Gasteiger partial charge in [-0.3, -0.25) is 14.3 Å². The Kier molecular flexibility index (Phi) is 2.74. The molecule has 0 aromatic heterocycles. The number of fused-ring (bicyclic) bond motifs is 2. The van der Waals surface area contributed by atoms with E-state index in [1.807, 2.05) is 18.2 Å². The van der Waals surface area contributed by atoms with Gasteiger partial charge in [0.1, 0.15) is 5.75 Å². The number of nitrogens with zero attached hydrogens (tertiary/aromatic N) is 3. The van der Waals surface area contributed by atoms with E-state index in [4.69, 9.17) is 0 Å². The van der Waals surface area contributed by atoms with Crippen LogP contribution in [-0.4, -0.2) is 24.6 Å². The molecule has 2 aromatic rings. The Hall–Kier alpha value is -3.48. The number of phenolic OH excluding ortho intramolecular Hbond substituents is 1. The van der Waals surface area contributed by atoms with Crippen molar-refractivity contribution in [3.63, 3.8) is 0 Å². The smallest absolute Gasteiger partial charge is 0.349 e. The molecule has 112 valence electrons. The van der Waals surface area contributed by atoms with E-state index < -0.39 is 11.2 Å². The molecule has 0 radical (unpaired) electrons. The highest BCUT2D eigenvalue weighted by molar-refractivity contribution is 5.81. The van der Waals surface area contributed by atoms with Gasteiger partial charge in [-0.15, -0.1) is 0 Å². The van der Waals surface area contributed by atoms with Crippen molar-refractivity contribution in [1.29, 1.82) is 0 Å². The van der Waals surface area contributed by atoms with E-state index in [1.165, 1.54) is 12.1 Å². The van der Waals surface area contributed by atoms with Gasteiger partial charge < -0.3 is 5.11 Å². The lowest BCUT2D eigenvalue weighted by molar-refractivity contribution is 0.475. The molecule has 0 atom stereocenters. The first kappa shape index (κ1) is 13.2. The molecule has 2 N–H and O–H groups in total. The molecule has 0 saturated carbocycles. The second-order valence-corrected chi connectivity index (χ2v) is 5.00. The van der Waals surface area contributed by atoms with Crippen molar-refractivity contribution in [1.82, 2.24) is 19.5 Å². The lowest BCUT2D eigenvalue weighted by atomic mass is 10.2. The van der Waals surface area contributed by atoms with Crippen LogP contribution in [0.25, 0.3) is 28.2 Å². The van der Waals surface area contributed by atoms with Crippen molar-refractivity contribution in [2.24, 2.45) is 0 Å². The van der Waals surface area contributed by atoms with Crippen LogP contribution in [-0.2, 0) is 0 Å². The normalized spacial score (nSPS) is 11.1. The molecule has 0 aliphatic carbocycles. The van der Waals surface area contributed by atoms with Crippen LogP contribution in [0.15, 0.2) is 58.1 Å². The van der Waals surface area contributed by atoms with E-state index in [-0.39, 0.29) is 17.3 Å². The van der Waals surface area contributed by atoms with E-state index in [1.54, 1.807) is 22.8 Å². The lowest BCUT2D eigenvalue weighted by Crippen LogP contribution is -2.28. The third-order valence-corrected chi connectivity index (χ3v) is 3.53. The van der Waals surface area contributed by atoms with E-state index in [2.05, 4.69) is 15.0 Å². The fraction of sp³-hybridized carbons (Fsp3) is 0. The molecule has 2 aliphatic heterocycles. The number of nitrogens with one attached hydrogen (secondary N) is 1. The van der Waals surface area contributed by atoms with Crippen LogP contribution < -0.4 is 11.2 Å². The van der Waals surface area contributed by atoms with Gasteiger partial charge in [0.2, 0.25) is 0 Å². The van der Waals surface area contributed by atoms with Crippen molar-refractivity contribution in [2.75, 3.05) is 0 Å². The van der Waals surface area contributed by atoms with Crippen molar-refractivity contribution in [3.8, 4) is 23.0 Å². The standard InChI is InChI=1S/C16H10N4O3/c21-10-7-5-9(6-8-10)20-12-4-2-1-3-11(12)17-13-14(20)18-16(23)19-15(13)22/h1-8,21H,(H,19,22,23). The van der Waals surface area contributed by atoms with Gasteiger partial charge >= 0.3 is 5.69 Å².